The third-order valence-electron chi connectivity index (χ3n) is 3.89. The van der Waals surface area contributed by atoms with Gasteiger partial charge in [0.2, 0.25) is 0 Å². The number of rotatable bonds is 5. The summed E-state index contributed by atoms with van der Waals surface area (Å²) in [5.74, 6) is 0.883. The van der Waals surface area contributed by atoms with Gasteiger partial charge in [0.1, 0.15) is 11.9 Å². The predicted molar refractivity (Wildman–Crippen MR) is 91.0 cm³/mol. The molecule has 3 aromatic rings. The van der Waals surface area contributed by atoms with Crippen molar-refractivity contribution in [1.82, 2.24) is 4.57 Å². The van der Waals surface area contributed by atoms with Crippen LogP contribution in [0.3, 0.4) is 0 Å². The average molecular weight is 294 g/mol. The third kappa shape index (κ3) is 3.15. The number of fused-ring (bicyclic) bond motifs is 1. The van der Waals surface area contributed by atoms with E-state index in [1.54, 1.807) is 0 Å². The molecule has 0 aliphatic rings. The van der Waals surface area contributed by atoms with E-state index in [1.807, 2.05) is 38.2 Å². The van der Waals surface area contributed by atoms with Gasteiger partial charge in [0.25, 0.3) is 0 Å². The first-order chi connectivity index (χ1) is 10.6. The maximum atomic E-state index is 6.24. The molecule has 0 amide bonds. The monoisotopic (exact) mass is 294 g/mol. The summed E-state index contributed by atoms with van der Waals surface area (Å²) in [7, 11) is 2.05. The lowest BCUT2D eigenvalue weighted by atomic mass is 10.0. The number of benzene rings is 2. The summed E-state index contributed by atoms with van der Waals surface area (Å²) in [5, 5.41) is 1.19. The van der Waals surface area contributed by atoms with Crippen molar-refractivity contribution in [3.05, 3.63) is 66.4 Å². The van der Waals surface area contributed by atoms with Gasteiger partial charge in [0.05, 0.1) is 0 Å². The summed E-state index contributed by atoms with van der Waals surface area (Å²) >= 11 is 0. The number of hydrogen-bond donors (Lipinski definition) is 1. The first-order valence-corrected chi connectivity index (χ1v) is 7.66. The molecule has 0 aliphatic carbocycles. The SMILES string of the molecule is CC(N)C[C@H](Oc1ccc2c(ccn2C)c1)c1ccccc1. The van der Waals surface area contributed by atoms with E-state index in [1.165, 1.54) is 10.9 Å². The minimum Gasteiger partial charge on any atom is -0.486 e. The van der Waals surface area contributed by atoms with Crippen molar-refractivity contribution in [3.8, 4) is 5.75 Å². The average Bonchev–Trinajstić information content (AvgIpc) is 2.88. The summed E-state index contributed by atoms with van der Waals surface area (Å²) in [6.07, 6.45) is 2.82. The molecule has 1 unspecified atom stereocenters. The Morgan fingerprint density at radius 3 is 2.59 bits per heavy atom. The number of aromatic nitrogens is 1. The molecule has 1 aromatic heterocycles. The molecule has 2 atom stereocenters. The predicted octanol–water partition coefficient (Wildman–Crippen LogP) is 4.04. The lowest BCUT2D eigenvalue weighted by molar-refractivity contribution is 0.187. The van der Waals surface area contributed by atoms with Crippen LogP contribution < -0.4 is 10.5 Å². The molecule has 2 aromatic carbocycles. The molecule has 0 spiro atoms. The summed E-state index contributed by atoms with van der Waals surface area (Å²) in [4.78, 5) is 0. The second-order valence-electron chi connectivity index (χ2n) is 5.88. The van der Waals surface area contributed by atoms with Crippen LogP contribution >= 0.6 is 0 Å². The van der Waals surface area contributed by atoms with E-state index in [2.05, 4.69) is 41.1 Å². The van der Waals surface area contributed by atoms with Crippen molar-refractivity contribution in [2.75, 3.05) is 0 Å². The Hall–Kier alpha value is -2.26. The van der Waals surface area contributed by atoms with Crippen LogP contribution in [-0.4, -0.2) is 10.6 Å². The highest BCUT2D eigenvalue weighted by atomic mass is 16.5. The summed E-state index contributed by atoms with van der Waals surface area (Å²) in [6.45, 7) is 2.01. The fourth-order valence-electron chi connectivity index (χ4n) is 2.75. The first-order valence-electron chi connectivity index (χ1n) is 7.66. The van der Waals surface area contributed by atoms with E-state index < -0.39 is 0 Å². The number of aryl methyl sites for hydroxylation is 1. The van der Waals surface area contributed by atoms with Crippen molar-refractivity contribution < 1.29 is 4.74 Å². The topological polar surface area (TPSA) is 40.2 Å². The van der Waals surface area contributed by atoms with Crippen LogP contribution in [0.4, 0.5) is 0 Å². The third-order valence-corrected chi connectivity index (χ3v) is 3.89. The number of nitrogens with zero attached hydrogens (tertiary/aromatic N) is 1. The zero-order valence-electron chi connectivity index (χ0n) is 13.1. The van der Waals surface area contributed by atoms with Crippen molar-refractivity contribution in [3.63, 3.8) is 0 Å². The standard InChI is InChI=1S/C19H22N2O/c1-14(20)12-19(15-6-4-3-5-7-15)22-17-8-9-18-16(13-17)10-11-21(18)2/h3-11,13-14,19H,12,20H2,1-2H3/t14?,19-/m0/s1. The molecule has 22 heavy (non-hydrogen) atoms. The lowest BCUT2D eigenvalue weighted by Crippen LogP contribution is -2.21. The minimum atomic E-state index is -0.0256. The Morgan fingerprint density at radius 2 is 1.86 bits per heavy atom. The number of nitrogens with two attached hydrogens (primary N) is 1. The molecular weight excluding hydrogens is 272 g/mol. The maximum Gasteiger partial charge on any atom is 0.125 e. The zero-order chi connectivity index (χ0) is 15.5. The van der Waals surface area contributed by atoms with Gasteiger partial charge in [0.15, 0.2) is 0 Å². The molecule has 0 saturated heterocycles. The molecule has 0 saturated carbocycles. The van der Waals surface area contributed by atoms with Gasteiger partial charge >= 0.3 is 0 Å². The summed E-state index contributed by atoms with van der Waals surface area (Å²) in [5.41, 5.74) is 8.36. The van der Waals surface area contributed by atoms with Gasteiger partial charge in [-0.2, -0.15) is 0 Å². The molecular formula is C19H22N2O. The molecule has 0 aliphatic heterocycles. The van der Waals surface area contributed by atoms with Crippen LogP contribution in [0.5, 0.6) is 5.75 Å². The van der Waals surface area contributed by atoms with Crippen molar-refractivity contribution in [2.24, 2.45) is 12.8 Å². The maximum absolute atomic E-state index is 6.24. The van der Waals surface area contributed by atoms with Crippen molar-refractivity contribution in [1.29, 1.82) is 0 Å². The highest BCUT2D eigenvalue weighted by molar-refractivity contribution is 5.81. The van der Waals surface area contributed by atoms with E-state index in [9.17, 15) is 0 Å². The molecule has 3 rings (SSSR count). The molecule has 3 nitrogen and oxygen atoms in total. The molecule has 3 heteroatoms. The van der Waals surface area contributed by atoms with Gasteiger partial charge in [0, 0.05) is 36.6 Å². The van der Waals surface area contributed by atoms with Gasteiger partial charge in [-0.15, -0.1) is 0 Å². The van der Waals surface area contributed by atoms with Gasteiger partial charge in [-0.25, -0.2) is 0 Å². The van der Waals surface area contributed by atoms with Crippen molar-refractivity contribution in [2.45, 2.75) is 25.5 Å². The summed E-state index contributed by atoms with van der Waals surface area (Å²) in [6, 6.07) is 18.7. The highest BCUT2D eigenvalue weighted by Crippen LogP contribution is 2.28. The largest absolute Gasteiger partial charge is 0.486 e. The highest BCUT2D eigenvalue weighted by Gasteiger charge is 2.15. The molecule has 1 heterocycles. The Labute approximate surface area is 131 Å². The van der Waals surface area contributed by atoms with Gasteiger partial charge in [-0.3, -0.25) is 0 Å². The number of hydrogen-bond acceptors (Lipinski definition) is 2. The van der Waals surface area contributed by atoms with E-state index in [0.717, 1.165) is 17.7 Å². The zero-order valence-corrected chi connectivity index (χ0v) is 13.1. The second-order valence-corrected chi connectivity index (χ2v) is 5.88. The second kappa shape index (κ2) is 6.24. The van der Waals surface area contributed by atoms with Crippen LogP contribution in [0.2, 0.25) is 0 Å². The van der Waals surface area contributed by atoms with Gasteiger partial charge < -0.3 is 15.0 Å². The molecule has 2 N–H and O–H groups in total. The molecule has 114 valence electrons. The van der Waals surface area contributed by atoms with E-state index >= 15 is 0 Å². The lowest BCUT2D eigenvalue weighted by Gasteiger charge is -2.21. The van der Waals surface area contributed by atoms with Crippen LogP contribution in [0.1, 0.15) is 25.0 Å². The normalized spacial score (nSPS) is 14.0. The molecule has 0 fully saturated rings. The van der Waals surface area contributed by atoms with Crippen LogP contribution in [-0.2, 0) is 7.05 Å². The quantitative estimate of drug-likeness (QED) is 0.771. The van der Waals surface area contributed by atoms with Crippen LogP contribution in [0.15, 0.2) is 60.8 Å². The van der Waals surface area contributed by atoms with Crippen LogP contribution in [0.25, 0.3) is 10.9 Å². The molecule has 0 bridgehead atoms. The fourth-order valence-corrected chi connectivity index (χ4v) is 2.75. The van der Waals surface area contributed by atoms with E-state index in [4.69, 9.17) is 10.5 Å². The van der Waals surface area contributed by atoms with E-state index in [0.29, 0.717) is 0 Å². The van der Waals surface area contributed by atoms with Gasteiger partial charge in [-0.05, 0) is 36.8 Å². The van der Waals surface area contributed by atoms with Crippen molar-refractivity contribution >= 4 is 10.9 Å². The molecule has 0 radical (unpaired) electrons. The Morgan fingerprint density at radius 1 is 1.09 bits per heavy atom. The first kappa shape index (κ1) is 14.7. The smallest absolute Gasteiger partial charge is 0.125 e. The Balaban J connectivity index is 1.88. The van der Waals surface area contributed by atoms with Gasteiger partial charge in [-0.1, -0.05) is 30.3 Å². The minimum absolute atomic E-state index is 0.0256. The summed E-state index contributed by atoms with van der Waals surface area (Å²) < 4.78 is 8.35. The Kier molecular flexibility index (Phi) is 4.16. The fraction of sp³-hybridized carbons (Fsp3) is 0.263. The van der Waals surface area contributed by atoms with Crippen LogP contribution in [0, 0.1) is 0 Å². The Bertz CT molecular complexity index is 746. The van der Waals surface area contributed by atoms with E-state index in [-0.39, 0.29) is 12.1 Å². The number of ether oxygens (including phenoxy) is 1.